The normalized spacial score (nSPS) is 24.3. The zero-order valence-corrected chi connectivity index (χ0v) is 10.9. The molecule has 0 aliphatic carbocycles. The van der Waals surface area contributed by atoms with Crippen LogP contribution in [0.5, 0.6) is 0 Å². The summed E-state index contributed by atoms with van der Waals surface area (Å²) in [6.07, 6.45) is 3.37. The van der Waals surface area contributed by atoms with Crippen LogP contribution in [0.2, 0.25) is 0 Å². The van der Waals surface area contributed by atoms with Crippen LogP contribution in [-0.4, -0.2) is 43.2 Å². The Morgan fingerprint density at radius 2 is 2.44 bits per heavy atom. The molecule has 0 bridgehead atoms. The van der Waals surface area contributed by atoms with E-state index in [1.807, 2.05) is 6.92 Å². The Balaban J connectivity index is 2.13. The molecule has 2 rings (SSSR count). The molecule has 0 aromatic carbocycles. The summed E-state index contributed by atoms with van der Waals surface area (Å²) in [7, 11) is 1.70. The van der Waals surface area contributed by atoms with E-state index in [0.717, 1.165) is 18.4 Å². The Bertz CT molecular complexity index is 416. The van der Waals surface area contributed by atoms with Crippen LogP contribution >= 0.6 is 0 Å². The molecule has 2 heterocycles. The summed E-state index contributed by atoms with van der Waals surface area (Å²) < 4.78 is 10.6. The molecule has 100 valence electrons. The van der Waals surface area contributed by atoms with Crippen molar-refractivity contribution < 1.29 is 13.9 Å². The third-order valence-electron chi connectivity index (χ3n) is 3.59. The third kappa shape index (κ3) is 2.42. The highest BCUT2D eigenvalue weighted by atomic mass is 16.5. The van der Waals surface area contributed by atoms with Crippen LogP contribution in [0.15, 0.2) is 16.7 Å². The van der Waals surface area contributed by atoms with Crippen molar-refractivity contribution in [3.05, 3.63) is 23.7 Å². The van der Waals surface area contributed by atoms with Gasteiger partial charge in [0.15, 0.2) is 5.76 Å². The van der Waals surface area contributed by atoms with Gasteiger partial charge in [-0.05, 0) is 25.8 Å². The van der Waals surface area contributed by atoms with E-state index in [2.05, 4.69) is 0 Å². The third-order valence-corrected chi connectivity index (χ3v) is 3.59. The summed E-state index contributed by atoms with van der Waals surface area (Å²) >= 11 is 0. The first kappa shape index (κ1) is 13.1. The Hall–Kier alpha value is -1.33. The first-order valence-corrected chi connectivity index (χ1v) is 6.25. The number of amides is 1. The maximum absolute atomic E-state index is 12.4. The average molecular weight is 252 g/mol. The minimum atomic E-state index is -0.0671. The second-order valence-corrected chi connectivity index (χ2v) is 4.70. The molecule has 2 atom stereocenters. The molecule has 1 aliphatic rings. The smallest absolute Gasteiger partial charge is 0.290 e. The summed E-state index contributed by atoms with van der Waals surface area (Å²) in [4.78, 5) is 14.2. The van der Waals surface area contributed by atoms with Gasteiger partial charge in [0.1, 0.15) is 0 Å². The first-order chi connectivity index (χ1) is 8.67. The van der Waals surface area contributed by atoms with Crippen LogP contribution in [0.1, 0.15) is 29.0 Å². The van der Waals surface area contributed by atoms with Gasteiger partial charge in [-0.1, -0.05) is 0 Å². The van der Waals surface area contributed by atoms with Gasteiger partial charge in [-0.25, -0.2) is 0 Å². The number of nitrogens with two attached hydrogens (primary N) is 1. The maximum Gasteiger partial charge on any atom is 0.290 e. The fourth-order valence-corrected chi connectivity index (χ4v) is 2.44. The monoisotopic (exact) mass is 252 g/mol. The molecule has 1 aliphatic heterocycles. The number of methoxy groups -OCH3 is 1. The molecule has 5 nitrogen and oxygen atoms in total. The predicted molar refractivity (Wildman–Crippen MR) is 67.4 cm³/mol. The van der Waals surface area contributed by atoms with Crippen LogP contribution < -0.4 is 5.73 Å². The van der Waals surface area contributed by atoms with E-state index in [4.69, 9.17) is 14.9 Å². The van der Waals surface area contributed by atoms with E-state index in [0.29, 0.717) is 18.8 Å². The van der Waals surface area contributed by atoms with E-state index < -0.39 is 0 Å². The molecule has 1 aromatic rings. The van der Waals surface area contributed by atoms with Crippen LogP contribution in [0.3, 0.4) is 0 Å². The van der Waals surface area contributed by atoms with Crippen molar-refractivity contribution in [1.29, 1.82) is 0 Å². The van der Waals surface area contributed by atoms with Crippen molar-refractivity contribution in [3.63, 3.8) is 0 Å². The molecule has 0 radical (unpaired) electrons. The minimum absolute atomic E-state index is 0.0284. The molecule has 1 fully saturated rings. The summed E-state index contributed by atoms with van der Waals surface area (Å²) in [5, 5.41) is 0. The molecule has 5 heteroatoms. The number of furan rings is 1. The van der Waals surface area contributed by atoms with Crippen LogP contribution in [-0.2, 0) is 4.74 Å². The van der Waals surface area contributed by atoms with Crippen molar-refractivity contribution >= 4 is 5.91 Å². The second-order valence-electron chi connectivity index (χ2n) is 4.70. The van der Waals surface area contributed by atoms with E-state index in [1.54, 1.807) is 24.3 Å². The standard InChI is InChI=1S/C13H20N2O3/c1-9-4-6-18-12(9)13(16)15-5-3-11(17-2)7-10(15)8-14/h4,6,10-11H,3,5,7-8,14H2,1-2H3. The highest BCUT2D eigenvalue weighted by Gasteiger charge is 2.32. The van der Waals surface area contributed by atoms with Gasteiger partial charge >= 0.3 is 0 Å². The van der Waals surface area contributed by atoms with Gasteiger partial charge in [0.2, 0.25) is 0 Å². The Kier molecular flexibility index (Phi) is 4.04. The summed E-state index contributed by atoms with van der Waals surface area (Å²) in [6, 6.07) is 1.83. The Labute approximate surface area is 107 Å². The van der Waals surface area contributed by atoms with Crippen LogP contribution in [0, 0.1) is 6.92 Å². The molecule has 18 heavy (non-hydrogen) atoms. The molecule has 0 spiro atoms. The summed E-state index contributed by atoms with van der Waals surface area (Å²) in [5.74, 6) is 0.354. The van der Waals surface area contributed by atoms with E-state index in [9.17, 15) is 4.79 Å². The average Bonchev–Trinajstić information content (AvgIpc) is 2.83. The molecule has 1 saturated heterocycles. The van der Waals surface area contributed by atoms with Gasteiger partial charge in [-0.2, -0.15) is 0 Å². The van der Waals surface area contributed by atoms with Gasteiger partial charge in [0.05, 0.1) is 12.4 Å². The van der Waals surface area contributed by atoms with Gasteiger partial charge in [-0.15, -0.1) is 0 Å². The zero-order chi connectivity index (χ0) is 13.1. The number of piperidine rings is 1. The SMILES string of the molecule is COC1CCN(C(=O)c2occc2C)C(CN)C1. The summed E-state index contributed by atoms with van der Waals surface area (Å²) in [6.45, 7) is 2.99. The van der Waals surface area contributed by atoms with Gasteiger partial charge in [0.25, 0.3) is 5.91 Å². The number of carbonyl (C=O) groups is 1. The second kappa shape index (κ2) is 5.54. The van der Waals surface area contributed by atoms with Gasteiger partial charge < -0.3 is 19.8 Å². The molecule has 1 aromatic heterocycles. The topological polar surface area (TPSA) is 68.7 Å². The lowest BCUT2D eigenvalue weighted by Gasteiger charge is -2.38. The van der Waals surface area contributed by atoms with Crippen LogP contribution in [0.25, 0.3) is 0 Å². The maximum atomic E-state index is 12.4. The fourth-order valence-electron chi connectivity index (χ4n) is 2.44. The number of carbonyl (C=O) groups excluding carboxylic acids is 1. The molecular formula is C13H20N2O3. The van der Waals surface area contributed by atoms with Crippen molar-refractivity contribution in [2.75, 3.05) is 20.2 Å². The molecule has 2 N–H and O–H groups in total. The van der Waals surface area contributed by atoms with Gasteiger partial charge in [-0.3, -0.25) is 4.79 Å². The number of hydrogen-bond acceptors (Lipinski definition) is 4. The Morgan fingerprint density at radius 1 is 1.67 bits per heavy atom. The first-order valence-electron chi connectivity index (χ1n) is 6.25. The lowest BCUT2D eigenvalue weighted by molar-refractivity contribution is 0.0124. The minimum Gasteiger partial charge on any atom is -0.459 e. The molecule has 1 amide bonds. The largest absolute Gasteiger partial charge is 0.459 e. The lowest BCUT2D eigenvalue weighted by atomic mass is 9.98. The van der Waals surface area contributed by atoms with E-state index in [1.165, 1.54) is 0 Å². The quantitative estimate of drug-likeness (QED) is 0.876. The Morgan fingerprint density at radius 3 is 3.00 bits per heavy atom. The highest BCUT2D eigenvalue weighted by Crippen LogP contribution is 2.22. The zero-order valence-electron chi connectivity index (χ0n) is 10.9. The van der Waals surface area contributed by atoms with Crippen LogP contribution in [0.4, 0.5) is 0 Å². The predicted octanol–water partition coefficient (Wildman–Crippen LogP) is 1.17. The van der Waals surface area contributed by atoms with E-state index >= 15 is 0 Å². The van der Waals surface area contributed by atoms with Crippen molar-refractivity contribution in [3.8, 4) is 0 Å². The summed E-state index contributed by atoms with van der Waals surface area (Å²) in [5.41, 5.74) is 6.63. The molecular weight excluding hydrogens is 232 g/mol. The molecule has 2 unspecified atom stereocenters. The number of ether oxygens (including phenoxy) is 1. The van der Waals surface area contributed by atoms with Gasteiger partial charge in [0, 0.05) is 31.8 Å². The van der Waals surface area contributed by atoms with Crippen molar-refractivity contribution in [2.24, 2.45) is 5.73 Å². The number of hydrogen-bond donors (Lipinski definition) is 1. The lowest BCUT2D eigenvalue weighted by Crippen LogP contribution is -2.51. The number of nitrogens with zero attached hydrogens (tertiary/aromatic N) is 1. The number of rotatable bonds is 3. The van der Waals surface area contributed by atoms with E-state index in [-0.39, 0.29) is 18.1 Å². The number of likely N-dealkylation sites (tertiary alicyclic amines) is 1. The fraction of sp³-hybridized carbons (Fsp3) is 0.615. The molecule has 0 saturated carbocycles. The van der Waals surface area contributed by atoms with Crippen molar-refractivity contribution in [2.45, 2.75) is 31.9 Å². The highest BCUT2D eigenvalue weighted by molar-refractivity contribution is 5.93. The number of aryl methyl sites for hydroxylation is 1. The van der Waals surface area contributed by atoms with Crippen molar-refractivity contribution in [1.82, 2.24) is 4.90 Å².